The number of nitrogens with one attached hydrogen (secondary N) is 1. The summed E-state index contributed by atoms with van der Waals surface area (Å²) < 4.78 is 32.2. The first-order chi connectivity index (χ1) is 13.9. The van der Waals surface area contributed by atoms with Gasteiger partial charge in [0, 0.05) is 26.2 Å². The highest BCUT2D eigenvalue weighted by molar-refractivity contribution is 7.89. The molecule has 3 atom stereocenters. The maximum Gasteiger partial charge on any atom is 0.256 e. The summed E-state index contributed by atoms with van der Waals surface area (Å²) in [5.74, 6) is -0.123. The van der Waals surface area contributed by atoms with E-state index < -0.39 is 16.1 Å². The number of hydrogen-bond acceptors (Lipinski definition) is 5. The molecule has 170 valence electrons. The fraction of sp³-hybridized carbons (Fsp3) is 0.667. The van der Waals surface area contributed by atoms with Gasteiger partial charge in [-0.1, -0.05) is 25.0 Å². The van der Waals surface area contributed by atoms with Crippen molar-refractivity contribution < 1.29 is 17.9 Å². The summed E-state index contributed by atoms with van der Waals surface area (Å²) >= 11 is 0. The van der Waals surface area contributed by atoms with Crippen LogP contribution in [0.25, 0.3) is 0 Å². The lowest BCUT2D eigenvalue weighted by atomic mass is 9.88. The fourth-order valence-electron chi connectivity index (χ4n) is 4.73. The molecule has 1 aromatic carbocycles. The summed E-state index contributed by atoms with van der Waals surface area (Å²) in [7, 11) is 1.14. The largest absolute Gasteiger partial charge is 0.367 e. The normalized spacial score (nSPS) is 23.6. The molecule has 1 saturated heterocycles. The summed E-state index contributed by atoms with van der Waals surface area (Å²) in [4.78, 5) is 17.9. The lowest BCUT2D eigenvalue weighted by Crippen LogP contribution is -2.54. The van der Waals surface area contributed by atoms with Crippen LogP contribution in [0.5, 0.6) is 0 Å². The zero-order valence-electron chi connectivity index (χ0n) is 18.0. The van der Waals surface area contributed by atoms with Crippen molar-refractivity contribution in [2.24, 2.45) is 0 Å². The number of nitrogens with zero attached hydrogens (tertiary/aromatic N) is 2. The van der Waals surface area contributed by atoms with Gasteiger partial charge in [-0.25, -0.2) is 13.1 Å². The molecule has 2 aliphatic rings. The van der Waals surface area contributed by atoms with Gasteiger partial charge in [-0.15, -0.1) is 12.4 Å². The molecule has 7 nitrogen and oxygen atoms in total. The Bertz CT molecular complexity index is 814. The number of rotatable bonds is 7. The number of likely N-dealkylation sites (tertiary alicyclic amines) is 1. The lowest BCUT2D eigenvalue weighted by molar-refractivity contribution is -0.145. The number of sulfonamides is 1. The van der Waals surface area contributed by atoms with Crippen LogP contribution in [0.15, 0.2) is 29.2 Å². The maximum atomic E-state index is 13.4. The Balaban J connectivity index is 0.00000320. The Morgan fingerprint density at radius 3 is 2.50 bits per heavy atom. The van der Waals surface area contributed by atoms with Crippen molar-refractivity contribution in [1.29, 1.82) is 0 Å². The lowest BCUT2D eigenvalue weighted by Gasteiger charge is -2.43. The maximum absolute atomic E-state index is 13.4. The minimum Gasteiger partial charge on any atom is -0.367 e. The second kappa shape index (κ2) is 10.9. The summed E-state index contributed by atoms with van der Waals surface area (Å²) in [6.45, 7) is 2.22. The van der Waals surface area contributed by atoms with Crippen LogP contribution in [0.1, 0.15) is 50.2 Å². The average Bonchev–Trinajstić information content (AvgIpc) is 3.28. The monoisotopic (exact) mass is 459 g/mol. The van der Waals surface area contributed by atoms with E-state index >= 15 is 0 Å². The van der Waals surface area contributed by atoms with Crippen molar-refractivity contribution in [2.45, 2.75) is 61.6 Å². The Kier molecular flexibility index (Phi) is 9.12. The SMILES string of the molecule is CNS(=O)(=O)c1cccc(C(OC)C(=O)N(C)[C@@H]2CCCC[C@H]2N2CCCC2)c1.Cl. The van der Waals surface area contributed by atoms with Crippen molar-refractivity contribution in [3.05, 3.63) is 29.8 Å². The second-order valence-electron chi connectivity index (χ2n) is 8.01. The third-order valence-electron chi connectivity index (χ3n) is 6.35. The molecule has 1 saturated carbocycles. The fourth-order valence-corrected chi connectivity index (χ4v) is 5.52. The third-order valence-corrected chi connectivity index (χ3v) is 7.76. The summed E-state index contributed by atoms with van der Waals surface area (Å²) in [6, 6.07) is 6.98. The molecule has 0 spiro atoms. The highest BCUT2D eigenvalue weighted by Gasteiger charge is 2.37. The molecule has 1 aliphatic carbocycles. The van der Waals surface area contributed by atoms with Crippen LogP contribution in [0.3, 0.4) is 0 Å². The molecule has 1 N–H and O–H groups in total. The van der Waals surface area contributed by atoms with Crippen LogP contribution < -0.4 is 4.72 Å². The molecular weight excluding hydrogens is 426 g/mol. The van der Waals surface area contributed by atoms with Crippen LogP contribution in [0, 0.1) is 0 Å². The molecule has 1 aliphatic heterocycles. The zero-order chi connectivity index (χ0) is 21.0. The molecule has 1 heterocycles. The van der Waals surface area contributed by atoms with E-state index in [0.29, 0.717) is 11.6 Å². The van der Waals surface area contributed by atoms with Gasteiger partial charge in [-0.2, -0.15) is 0 Å². The van der Waals surface area contributed by atoms with Gasteiger partial charge in [-0.3, -0.25) is 9.69 Å². The van der Waals surface area contributed by atoms with E-state index in [2.05, 4.69) is 9.62 Å². The second-order valence-corrected chi connectivity index (χ2v) is 9.89. The van der Waals surface area contributed by atoms with Gasteiger partial charge in [0.05, 0.1) is 4.90 Å². The molecule has 1 unspecified atom stereocenters. The Labute approximate surface area is 186 Å². The van der Waals surface area contributed by atoms with E-state index in [-0.39, 0.29) is 29.3 Å². The molecule has 9 heteroatoms. The highest BCUT2D eigenvalue weighted by atomic mass is 35.5. The van der Waals surface area contributed by atoms with Crippen LogP contribution in [-0.2, 0) is 19.6 Å². The van der Waals surface area contributed by atoms with Crippen molar-refractivity contribution >= 4 is 28.3 Å². The van der Waals surface area contributed by atoms with Crippen LogP contribution >= 0.6 is 12.4 Å². The number of ether oxygens (including phenoxy) is 1. The van der Waals surface area contributed by atoms with Crippen molar-refractivity contribution in [3.8, 4) is 0 Å². The number of carbonyl (C=O) groups is 1. The number of benzene rings is 1. The van der Waals surface area contributed by atoms with Gasteiger partial charge in [0.2, 0.25) is 10.0 Å². The highest BCUT2D eigenvalue weighted by Crippen LogP contribution is 2.31. The Hall–Kier alpha value is -1.19. The average molecular weight is 460 g/mol. The van der Waals surface area contributed by atoms with Crippen LogP contribution in [0.2, 0.25) is 0 Å². The first-order valence-corrected chi connectivity index (χ1v) is 11.9. The quantitative estimate of drug-likeness (QED) is 0.677. The smallest absolute Gasteiger partial charge is 0.256 e. The standard InChI is InChI=1S/C21H33N3O4S.ClH/c1-22-29(26,27)17-10-8-9-16(15-17)20(28-3)21(25)23(2)18-11-4-5-12-19(18)24-13-6-7-14-24;/h8-10,15,18-20,22H,4-7,11-14H2,1-3H3;1H/t18-,19-,20?;/m1./s1. The first-order valence-electron chi connectivity index (χ1n) is 10.5. The Morgan fingerprint density at radius 2 is 1.87 bits per heavy atom. The molecule has 0 aromatic heterocycles. The van der Waals surface area contributed by atoms with E-state index in [4.69, 9.17) is 4.74 Å². The zero-order valence-corrected chi connectivity index (χ0v) is 19.7. The number of hydrogen-bond donors (Lipinski definition) is 1. The van der Waals surface area contributed by atoms with E-state index in [1.807, 2.05) is 11.9 Å². The molecule has 30 heavy (non-hydrogen) atoms. The van der Waals surface area contributed by atoms with E-state index in [0.717, 1.165) is 32.4 Å². The number of likely N-dealkylation sites (N-methyl/N-ethyl adjacent to an activating group) is 1. The minimum atomic E-state index is -3.59. The third kappa shape index (κ3) is 5.34. The predicted octanol–water partition coefficient (Wildman–Crippen LogP) is 2.57. The molecular formula is C21H34ClN3O4S. The van der Waals surface area contributed by atoms with Crippen molar-refractivity contribution in [3.63, 3.8) is 0 Å². The first kappa shape index (κ1) is 25.1. The van der Waals surface area contributed by atoms with Gasteiger partial charge in [0.25, 0.3) is 5.91 Å². The van der Waals surface area contributed by atoms with Gasteiger partial charge >= 0.3 is 0 Å². The van der Waals surface area contributed by atoms with Crippen molar-refractivity contribution in [2.75, 3.05) is 34.3 Å². The van der Waals surface area contributed by atoms with E-state index in [1.54, 1.807) is 12.1 Å². The molecule has 1 amide bonds. The predicted molar refractivity (Wildman–Crippen MR) is 119 cm³/mol. The number of amides is 1. The number of methoxy groups -OCH3 is 1. The minimum absolute atomic E-state index is 0. The molecule has 0 bridgehead atoms. The van der Waals surface area contributed by atoms with Gasteiger partial charge in [-0.05, 0) is 63.5 Å². The molecule has 2 fully saturated rings. The summed E-state index contributed by atoms with van der Waals surface area (Å²) in [5, 5.41) is 0. The van der Waals surface area contributed by atoms with Gasteiger partial charge in [0.15, 0.2) is 6.10 Å². The molecule has 3 rings (SSSR count). The number of carbonyl (C=O) groups excluding carboxylic acids is 1. The molecule has 1 aromatic rings. The van der Waals surface area contributed by atoms with Gasteiger partial charge < -0.3 is 9.64 Å². The van der Waals surface area contributed by atoms with E-state index in [9.17, 15) is 13.2 Å². The van der Waals surface area contributed by atoms with Crippen LogP contribution in [0.4, 0.5) is 0 Å². The van der Waals surface area contributed by atoms with E-state index in [1.165, 1.54) is 45.6 Å². The molecule has 0 radical (unpaired) electrons. The van der Waals surface area contributed by atoms with Gasteiger partial charge in [0.1, 0.15) is 0 Å². The summed E-state index contributed by atoms with van der Waals surface area (Å²) in [6.07, 6.45) is 6.08. The Morgan fingerprint density at radius 1 is 1.20 bits per heavy atom. The number of halogens is 1. The summed E-state index contributed by atoms with van der Waals surface area (Å²) in [5.41, 5.74) is 0.550. The van der Waals surface area contributed by atoms with Crippen molar-refractivity contribution in [1.82, 2.24) is 14.5 Å². The topological polar surface area (TPSA) is 78.9 Å². The van der Waals surface area contributed by atoms with Crippen LogP contribution in [-0.4, -0.2) is 70.5 Å².